The summed E-state index contributed by atoms with van der Waals surface area (Å²) in [6, 6.07) is 0.426. The lowest BCUT2D eigenvalue weighted by atomic mass is 9.91. The Bertz CT molecular complexity index is 557. The molecule has 1 unspecified atom stereocenters. The molecule has 2 N–H and O–H groups in total. The third kappa shape index (κ3) is 1.84. The Morgan fingerprint density at radius 2 is 2.28 bits per heavy atom. The predicted molar refractivity (Wildman–Crippen MR) is 70.0 cm³/mol. The molecule has 2 aromatic rings. The van der Waals surface area contributed by atoms with Gasteiger partial charge < -0.3 is 15.0 Å². The fourth-order valence-corrected chi connectivity index (χ4v) is 2.75. The van der Waals surface area contributed by atoms with Crippen LogP contribution in [0.3, 0.4) is 0 Å². The Morgan fingerprint density at radius 3 is 3.00 bits per heavy atom. The first kappa shape index (κ1) is 11.5. The monoisotopic (exact) mass is 246 g/mol. The lowest BCUT2D eigenvalue weighted by Crippen LogP contribution is -2.28. The van der Waals surface area contributed by atoms with Crippen molar-refractivity contribution in [2.45, 2.75) is 25.7 Å². The summed E-state index contributed by atoms with van der Waals surface area (Å²) in [5, 5.41) is 4.61. The van der Waals surface area contributed by atoms with Crippen LogP contribution in [0.2, 0.25) is 0 Å². The maximum Gasteiger partial charge on any atom is 0.318 e. The van der Waals surface area contributed by atoms with Crippen molar-refractivity contribution < 1.29 is 4.74 Å². The molecular formula is C13H18N4O. The van der Waals surface area contributed by atoms with Crippen LogP contribution in [0, 0.1) is 6.92 Å². The highest BCUT2D eigenvalue weighted by Crippen LogP contribution is 2.31. The molecule has 96 valence electrons. The number of ether oxygens (including phenoxy) is 1. The van der Waals surface area contributed by atoms with Gasteiger partial charge >= 0.3 is 6.01 Å². The molecule has 0 aromatic carbocycles. The van der Waals surface area contributed by atoms with Crippen LogP contribution in [-0.2, 0) is 0 Å². The molecular weight excluding hydrogens is 228 g/mol. The third-order valence-corrected chi connectivity index (χ3v) is 3.64. The van der Waals surface area contributed by atoms with Crippen LogP contribution < -0.4 is 10.1 Å². The number of methoxy groups -OCH3 is 1. The molecule has 2 aromatic heterocycles. The summed E-state index contributed by atoms with van der Waals surface area (Å²) in [6.45, 7) is 4.18. The van der Waals surface area contributed by atoms with Crippen LogP contribution >= 0.6 is 0 Å². The van der Waals surface area contributed by atoms with Gasteiger partial charge in [-0.3, -0.25) is 0 Å². The molecule has 0 saturated carbocycles. The first-order valence-electron chi connectivity index (χ1n) is 6.40. The van der Waals surface area contributed by atoms with E-state index in [1.807, 2.05) is 6.92 Å². The second-order valence-electron chi connectivity index (χ2n) is 4.81. The largest absolute Gasteiger partial charge is 0.467 e. The Morgan fingerprint density at radius 1 is 1.39 bits per heavy atom. The molecule has 1 saturated heterocycles. The molecule has 1 aliphatic rings. The molecule has 0 radical (unpaired) electrons. The van der Waals surface area contributed by atoms with E-state index < -0.39 is 0 Å². The van der Waals surface area contributed by atoms with Gasteiger partial charge in [-0.15, -0.1) is 0 Å². The van der Waals surface area contributed by atoms with Crippen molar-refractivity contribution in [2.75, 3.05) is 20.2 Å². The second-order valence-corrected chi connectivity index (χ2v) is 4.81. The molecule has 18 heavy (non-hydrogen) atoms. The second kappa shape index (κ2) is 4.57. The summed E-state index contributed by atoms with van der Waals surface area (Å²) in [7, 11) is 1.59. The minimum Gasteiger partial charge on any atom is -0.467 e. The SMILES string of the molecule is COc1nc(C)c2c(C3CCCNC3)c[nH]c2n1. The van der Waals surface area contributed by atoms with Crippen LogP contribution in [0.4, 0.5) is 0 Å². The molecule has 5 heteroatoms. The zero-order valence-corrected chi connectivity index (χ0v) is 10.8. The molecule has 3 heterocycles. The van der Waals surface area contributed by atoms with Gasteiger partial charge in [0.2, 0.25) is 0 Å². The number of hydrogen-bond donors (Lipinski definition) is 2. The van der Waals surface area contributed by atoms with Crippen molar-refractivity contribution in [3.05, 3.63) is 17.5 Å². The lowest BCUT2D eigenvalue weighted by Gasteiger charge is -2.22. The Kier molecular flexibility index (Phi) is 2.91. The standard InChI is InChI=1S/C13H18N4O/c1-8-11-10(9-4-3-5-14-6-9)7-15-12(11)17-13(16-8)18-2/h7,9,14H,3-6H2,1-2H3,(H,15,16,17). The molecule has 3 rings (SSSR count). The van der Waals surface area contributed by atoms with E-state index in [4.69, 9.17) is 4.74 Å². The first-order valence-corrected chi connectivity index (χ1v) is 6.40. The van der Waals surface area contributed by atoms with Gasteiger partial charge in [0.15, 0.2) is 0 Å². The fourth-order valence-electron chi connectivity index (χ4n) is 2.75. The Labute approximate surface area is 106 Å². The number of nitrogens with one attached hydrogen (secondary N) is 2. The number of H-pyrrole nitrogens is 1. The van der Waals surface area contributed by atoms with Crippen LogP contribution in [-0.4, -0.2) is 35.2 Å². The number of nitrogens with zero attached hydrogens (tertiary/aromatic N) is 2. The number of fused-ring (bicyclic) bond motifs is 1. The summed E-state index contributed by atoms with van der Waals surface area (Å²) in [6.07, 6.45) is 4.53. The lowest BCUT2D eigenvalue weighted by molar-refractivity contribution is 0.380. The average Bonchev–Trinajstić information content (AvgIpc) is 2.84. The van der Waals surface area contributed by atoms with Gasteiger partial charge in [-0.25, -0.2) is 0 Å². The zero-order chi connectivity index (χ0) is 12.5. The summed E-state index contributed by atoms with van der Waals surface area (Å²) in [5.74, 6) is 0.559. The molecule has 0 amide bonds. The number of piperidine rings is 1. The van der Waals surface area contributed by atoms with Crippen molar-refractivity contribution in [2.24, 2.45) is 0 Å². The molecule has 0 spiro atoms. The van der Waals surface area contributed by atoms with Gasteiger partial charge in [0.25, 0.3) is 0 Å². The van der Waals surface area contributed by atoms with Crippen molar-refractivity contribution in [1.29, 1.82) is 0 Å². The maximum atomic E-state index is 5.10. The van der Waals surface area contributed by atoms with E-state index in [1.54, 1.807) is 7.11 Å². The minimum atomic E-state index is 0.426. The van der Waals surface area contributed by atoms with E-state index in [0.29, 0.717) is 11.9 Å². The van der Waals surface area contributed by atoms with E-state index in [-0.39, 0.29) is 0 Å². The van der Waals surface area contributed by atoms with Gasteiger partial charge in [0.05, 0.1) is 12.8 Å². The summed E-state index contributed by atoms with van der Waals surface area (Å²) >= 11 is 0. The highest BCUT2D eigenvalue weighted by molar-refractivity contribution is 5.83. The van der Waals surface area contributed by atoms with E-state index >= 15 is 0 Å². The zero-order valence-electron chi connectivity index (χ0n) is 10.8. The topological polar surface area (TPSA) is 62.8 Å². The van der Waals surface area contributed by atoms with Gasteiger partial charge in [-0.05, 0) is 37.8 Å². The van der Waals surface area contributed by atoms with Gasteiger partial charge in [-0.2, -0.15) is 9.97 Å². The van der Waals surface area contributed by atoms with Crippen molar-refractivity contribution >= 4 is 11.0 Å². The highest BCUT2D eigenvalue weighted by Gasteiger charge is 2.20. The maximum absolute atomic E-state index is 5.10. The van der Waals surface area contributed by atoms with Gasteiger partial charge in [-0.1, -0.05) is 0 Å². The molecule has 0 bridgehead atoms. The minimum absolute atomic E-state index is 0.426. The summed E-state index contributed by atoms with van der Waals surface area (Å²) in [5.41, 5.74) is 3.19. The predicted octanol–water partition coefficient (Wildman–Crippen LogP) is 1.74. The van der Waals surface area contributed by atoms with E-state index in [2.05, 4.69) is 26.5 Å². The summed E-state index contributed by atoms with van der Waals surface area (Å²) in [4.78, 5) is 12.0. The van der Waals surface area contributed by atoms with E-state index in [9.17, 15) is 0 Å². The van der Waals surface area contributed by atoms with Crippen molar-refractivity contribution in [3.8, 4) is 6.01 Å². The number of rotatable bonds is 2. The fraction of sp³-hybridized carbons (Fsp3) is 0.538. The summed E-state index contributed by atoms with van der Waals surface area (Å²) < 4.78 is 5.10. The first-order chi connectivity index (χ1) is 8.79. The number of aromatic nitrogens is 3. The molecule has 1 atom stereocenters. The van der Waals surface area contributed by atoms with E-state index in [1.165, 1.54) is 18.4 Å². The normalized spacial score (nSPS) is 20.2. The molecule has 0 aliphatic carbocycles. The number of aryl methyl sites for hydroxylation is 1. The Hall–Kier alpha value is -1.62. The third-order valence-electron chi connectivity index (χ3n) is 3.64. The van der Waals surface area contributed by atoms with Crippen LogP contribution in [0.15, 0.2) is 6.20 Å². The smallest absolute Gasteiger partial charge is 0.318 e. The number of aromatic amines is 1. The average molecular weight is 246 g/mol. The Balaban J connectivity index is 2.07. The molecule has 1 aliphatic heterocycles. The van der Waals surface area contributed by atoms with Crippen molar-refractivity contribution in [1.82, 2.24) is 20.3 Å². The van der Waals surface area contributed by atoms with E-state index in [0.717, 1.165) is 29.8 Å². The highest BCUT2D eigenvalue weighted by atomic mass is 16.5. The van der Waals surface area contributed by atoms with Crippen LogP contribution in [0.1, 0.15) is 30.0 Å². The molecule has 5 nitrogen and oxygen atoms in total. The van der Waals surface area contributed by atoms with Crippen LogP contribution in [0.25, 0.3) is 11.0 Å². The van der Waals surface area contributed by atoms with Crippen LogP contribution in [0.5, 0.6) is 6.01 Å². The quantitative estimate of drug-likeness (QED) is 0.847. The van der Waals surface area contributed by atoms with Crippen molar-refractivity contribution in [3.63, 3.8) is 0 Å². The number of hydrogen-bond acceptors (Lipinski definition) is 4. The molecule has 1 fully saturated rings. The van der Waals surface area contributed by atoms with Gasteiger partial charge in [0, 0.05) is 18.1 Å². The van der Waals surface area contributed by atoms with Gasteiger partial charge in [0.1, 0.15) is 5.65 Å².